The highest BCUT2D eigenvalue weighted by Crippen LogP contribution is 2.09. The van der Waals surface area contributed by atoms with Crippen LogP contribution in [0, 0.1) is 0 Å². The molecule has 1 unspecified atom stereocenters. The van der Waals surface area contributed by atoms with Gasteiger partial charge in [0.1, 0.15) is 0 Å². The molecule has 86 valence electrons. The summed E-state index contributed by atoms with van der Waals surface area (Å²) in [5.74, 6) is 1.85. The van der Waals surface area contributed by atoms with Crippen LogP contribution < -0.4 is 5.73 Å². The number of thioether (sulfide) groups is 1. The third kappa shape index (κ3) is 7.62. The summed E-state index contributed by atoms with van der Waals surface area (Å²) >= 11 is 1.80. The fourth-order valence-corrected chi connectivity index (χ4v) is 2.01. The van der Waals surface area contributed by atoms with Gasteiger partial charge in [-0.25, -0.2) is 0 Å². The normalized spacial score (nSPS) is 13.5. The van der Waals surface area contributed by atoms with Gasteiger partial charge in [0.15, 0.2) is 6.29 Å². The first-order valence-electron chi connectivity index (χ1n) is 5.31. The van der Waals surface area contributed by atoms with Gasteiger partial charge in [-0.15, -0.1) is 0 Å². The minimum absolute atomic E-state index is 0.0703. The Labute approximate surface area is 91.7 Å². The van der Waals surface area contributed by atoms with Gasteiger partial charge in [-0.05, 0) is 20.3 Å². The van der Waals surface area contributed by atoms with E-state index in [1.54, 1.807) is 11.8 Å². The van der Waals surface area contributed by atoms with Gasteiger partial charge in [-0.2, -0.15) is 11.8 Å². The third-order valence-corrected chi connectivity index (χ3v) is 2.99. The summed E-state index contributed by atoms with van der Waals surface area (Å²) < 4.78 is 10.8. The van der Waals surface area contributed by atoms with Crippen molar-refractivity contribution in [2.45, 2.75) is 39.5 Å². The first-order valence-corrected chi connectivity index (χ1v) is 6.46. The van der Waals surface area contributed by atoms with Gasteiger partial charge in [-0.3, -0.25) is 0 Å². The molecule has 4 heteroatoms. The molecular weight excluding hydrogens is 198 g/mol. The molecule has 0 rings (SSSR count). The third-order valence-electron chi connectivity index (χ3n) is 1.82. The first-order chi connectivity index (χ1) is 6.74. The van der Waals surface area contributed by atoms with E-state index in [4.69, 9.17) is 15.2 Å². The summed E-state index contributed by atoms with van der Waals surface area (Å²) in [6.07, 6.45) is 0.958. The molecule has 0 bridgehead atoms. The molecule has 14 heavy (non-hydrogen) atoms. The van der Waals surface area contributed by atoms with Crippen molar-refractivity contribution in [3.8, 4) is 0 Å². The van der Waals surface area contributed by atoms with E-state index in [0.29, 0.717) is 19.3 Å². The summed E-state index contributed by atoms with van der Waals surface area (Å²) in [5.41, 5.74) is 5.80. The lowest BCUT2D eigenvalue weighted by molar-refractivity contribution is -0.120. The van der Waals surface area contributed by atoms with Crippen LogP contribution in [0.1, 0.15) is 27.2 Å². The molecule has 0 radical (unpaired) electrons. The standard InChI is InChI=1S/C10H23NO2S/c1-4-9(11)7-14-8-10(12-5-2)13-6-3/h9-10H,4-8,11H2,1-3H3. The molecule has 0 aromatic heterocycles. The Balaban J connectivity index is 3.49. The topological polar surface area (TPSA) is 44.5 Å². The van der Waals surface area contributed by atoms with Crippen LogP contribution in [0.3, 0.4) is 0 Å². The molecule has 0 aliphatic carbocycles. The van der Waals surface area contributed by atoms with Crippen LogP contribution in [0.15, 0.2) is 0 Å². The van der Waals surface area contributed by atoms with Gasteiger partial charge in [0.05, 0.1) is 0 Å². The van der Waals surface area contributed by atoms with E-state index in [9.17, 15) is 0 Å². The Morgan fingerprint density at radius 3 is 2.07 bits per heavy atom. The lowest BCUT2D eigenvalue weighted by Crippen LogP contribution is -2.25. The van der Waals surface area contributed by atoms with Crippen molar-refractivity contribution in [3.63, 3.8) is 0 Å². The van der Waals surface area contributed by atoms with Gasteiger partial charge >= 0.3 is 0 Å². The van der Waals surface area contributed by atoms with Crippen LogP contribution >= 0.6 is 11.8 Å². The minimum Gasteiger partial charge on any atom is -0.352 e. The predicted octanol–water partition coefficient (Wildman–Crippen LogP) is 1.86. The Hall–Kier alpha value is 0.230. The number of hydrogen-bond acceptors (Lipinski definition) is 4. The second kappa shape index (κ2) is 9.77. The second-order valence-corrected chi connectivity index (χ2v) is 4.12. The van der Waals surface area contributed by atoms with E-state index < -0.39 is 0 Å². The number of hydrogen-bond donors (Lipinski definition) is 1. The smallest absolute Gasteiger partial charge is 0.166 e. The van der Waals surface area contributed by atoms with Crippen LogP contribution in [0.25, 0.3) is 0 Å². The van der Waals surface area contributed by atoms with Crippen LogP contribution in [-0.4, -0.2) is 37.1 Å². The summed E-state index contributed by atoms with van der Waals surface area (Å²) in [6, 6.07) is 0.295. The largest absolute Gasteiger partial charge is 0.352 e. The molecule has 0 saturated heterocycles. The lowest BCUT2D eigenvalue weighted by atomic mass is 10.3. The van der Waals surface area contributed by atoms with Crippen molar-refractivity contribution in [2.75, 3.05) is 24.7 Å². The van der Waals surface area contributed by atoms with Gasteiger partial charge < -0.3 is 15.2 Å². The monoisotopic (exact) mass is 221 g/mol. The van der Waals surface area contributed by atoms with E-state index in [1.807, 2.05) is 13.8 Å². The van der Waals surface area contributed by atoms with Crippen molar-refractivity contribution in [1.29, 1.82) is 0 Å². The fraction of sp³-hybridized carbons (Fsp3) is 1.00. The van der Waals surface area contributed by atoms with Crippen molar-refractivity contribution in [2.24, 2.45) is 5.73 Å². The van der Waals surface area contributed by atoms with E-state index in [1.165, 1.54) is 0 Å². The number of nitrogens with two attached hydrogens (primary N) is 1. The summed E-state index contributed by atoms with van der Waals surface area (Å²) in [6.45, 7) is 7.47. The Morgan fingerprint density at radius 2 is 1.64 bits per heavy atom. The van der Waals surface area contributed by atoms with Crippen LogP contribution in [0.2, 0.25) is 0 Å². The maximum Gasteiger partial charge on any atom is 0.166 e. The van der Waals surface area contributed by atoms with Gasteiger partial charge in [0.2, 0.25) is 0 Å². The van der Waals surface area contributed by atoms with Crippen molar-refractivity contribution < 1.29 is 9.47 Å². The molecule has 1 atom stereocenters. The summed E-state index contributed by atoms with van der Waals surface area (Å²) in [4.78, 5) is 0. The van der Waals surface area contributed by atoms with Crippen molar-refractivity contribution >= 4 is 11.8 Å². The van der Waals surface area contributed by atoms with E-state index in [0.717, 1.165) is 17.9 Å². The fourth-order valence-electron chi connectivity index (χ4n) is 0.950. The maximum absolute atomic E-state index is 5.80. The van der Waals surface area contributed by atoms with Gasteiger partial charge in [0, 0.05) is 30.8 Å². The molecule has 0 aromatic rings. The van der Waals surface area contributed by atoms with E-state index in [-0.39, 0.29) is 6.29 Å². The SMILES string of the molecule is CCOC(CSCC(N)CC)OCC. The average Bonchev–Trinajstić information content (AvgIpc) is 2.18. The Kier molecular flexibility index (Phi) is 9.93. The molecule has 0 aliphatic heterocycles. The molecule has 0 aliphatic rings. The first kappa shape index (κ1) is 14.2. The summed E-state index contributed by atoms with van der Waals surface area (Å²) in [5, 5.41) is 0. The Bertz CT molecular complexity index is 119. The second-order valence-electron chi connectivity index (χ2n) is 3.05. The quantitative estimate of drug-likeness (QED) is 0.604. The van der Waals surface area contributed by atoms with Crippen LogP contribution in [-0.2, 0) is 9.47 Å². The van der Waals surface area contributed by atoms with Crippen LogP contribution in [0.4, 0.5) is 0 Å². The molecule has 3 nitrogen and oxygen atoms in total. The van der Waals surface area contributed by atoms with Gasteiger partial charge in [-0.1, -0.05) is 6.92 Å². The zero-order valence-electron chi connectivity index (χ0n) is 9.49. The molecular formula is C10H23NO2S. The van der Waals surface area contributed by atoms with Gasteiger partial charge in [0.25, 0.3) is 0 Å². The minimum atomic E-state index is -0.0703. The molecule has 0 amide bonds. The summed E-state index contributed by atoms with van der Waals surface area (Å²) in [7, 11) is 0. The highest BCUT2D eigenvalue weighted by atomic mass is 32.2. The molecule has 0 heterocycles. The maximum atomic E-state index is 5.80. The number of rotatable bonds is 9. The lowest BCUT2D eigenvalue weighted by Gasteiger charge is -2.17. The molecule has 0 fully saturated rings. The average molecular weight is 221 g/mol. The molecule has 0 saturated carbocycles. The molecule has 0 aromatic carbocycles. The molecule has 2 N–H and O–H groups in total. The highest BCUT2D eigenvalue weighted by Gasteiger charge is 2.08. The highest BCUT2D eigenvalue weighted by molar-refractivity contribution is 7.99. The number of ether oxygens (including phenoxy) is 2. The Morgan fingerprint density at radius 1 is 1.07 bits per heavy atom. The zero-order chi connectivity index (χ0) is 10.8. The molecule has 0 spiro atoms. The zero-order valence-corrected chi connectivity index (χ0v) is 10.3. The van der Waals surface area contributed by atoms with E-state index >= 15 is 0 Å². The van der Waals surface area contributed by atoms with Crippen LogP contribution in [0.5, 0.6) is 0 Å². The predicted molar refractivity (Wildman–Crippen MR) is 62.6 cm³/mol. The van der Waals surface area contributed by atoms with Crippen molar-refractivity contribution in [3.05, 3.63) is 0 Å². The van der Waals surface area contributed by atoms with E-state index in [2.05, 4.69) is 6.92 Å². The van der Waals surface area contributed by atoms with Crippen molar-refractivity contribution in [1.82, 2.24) is 0 Å².